The first kappa shape index (κ1) is 21.0. The molecule has 0 saturated carbocycles. The molecule has 3 heterocycles. The summed E-state index contributed by atoms with van der Waals surface area (Å²) < 4.78 is 10.6. The molecule has 1 fully saturated rings. The third-order valence-electron chi connectivity index (χ3n) is 6.11. The van der Waals surface area contributed by atoms with Crippen molar-refractivity contribution in [2.24, 2.45) is 0 Å². The van der Waals surface area contributed by atoms with Gasteiger partial charge in [0, 0.05) is 30.9 Å². The van der Waals surface area contributed by atoms with Crippen LogP contribution in [0.15, 0.2) is 59.1 Å². The zero-order valence-corrected chi connectivity index (χ0v) is 18.8. The van der Waals surface area contributed by atoms with Crippen LogP contribution in [0.25, 0.3) is 22.4 Å². The van der Waals surface area contributed by atoms with Crippen molar-refractivity contribution in [3.63, 3.8) is 0 Å². The van der Waals surface area contributed by atoms with Crippen molar-refractivity contribution < 1.29 is 14.1 Å². The van der Waals surface area contributed by atoms with Gasteiger partial charge in [-0.25, -0.2) is 4.98 Å². The SMILES string of the molecule is COc1ccc(-c2cc(C(=O)NCc3ccc(N4CCCC4)cc3)c3c(C)noc3n2)cc1. The molecule has 1 aliphatic heterocycles. The molecule has 2 aromatic heterocycles. The number of aromatic nitrogens is 2. The number of aryl methyl sites for hydroxylation is 1. The summed E-state index contributed by atoms with van der Waals surface area (Å²) in [6.45, 7) is 4.48. The van der Waals surface area contributed by atoms with Gasteiger partial charge in [0.25, 0.3) is 11.6 Å². The maximum atomic E-state index is 13.2. The lowest BCUT2D eigenvalue weighted by molar-refractivity contribution is 0.0952. The first-order chi connectivity index (χ1) is 16.1. The zero-order chi connectivity index (χ0) is 22.8. The summed E-state index contributed by atoms with van der Waals surface area (Å²) in [5, 5.41) is 7.70. The van der Waals surface area contributed by atoms with Crippen LogP contribution in [0.5, 0.6) is 5.75 Å². The minimum atomic E-state index is -0.188. The fraction of sp³-hybridized carbons (Fsp3) is 0.269. The number of rotatable bonds is 6. The summed E-state index contributed by atoms with van der Waals surface area (Å²) in [7, 11) is 1.62. The molecule has 1 saturated heterocycles. The van der Waals surface area contributed by atoms with E-state index in [1.807, 2.05) is 31.2 Å². The molecule has 0 spiro atoms. The molecule has 4 aromatic rings. The third kappa shape index (κ3) is 4.26. The molecule has 0 unspecified atom stereocenters. The number of hydrogen-bond donors (Lipinski definition) is 1. The Morgan fingerprint density at radius 3 is 2.52 bits per heavy atom. The Labute approximate surface area is 192 Å². The van der Waals surface area contributed by atoms with Crippen LogP contribution in [0, 0.1) is 6.92 Å². The summed E-state index contributed by atoms with van der Waals surface area (Å²) in [5.41, 5.74) is 5.27. The number of pyridine rings is 1. The second-order valence-electron chi connectivity index (χ2n) is 8.27. The molecule has 7 nitrogen and oxygen atoms in total. The van der Waals surface area contributed by atoms with E-state index in [9.17, 15) is 4.79 Å². The van der Waals surface area contributed by atoms with Crippen LogP contribution in [0.1, 0.15) is 34.5 Å². The highest BCUT2D eigenvalue weighted by atomic mass is 16.5. The summed E-state index contributed by atoms with van der Waals surface area (Å²) >= 11 is 0. The highest BCUT2D eigenvalue weighted by molar-refractivity contribution is 6.07. The van der Waals surface area contributed by atoms with Crippen molar-refractivity contribution in [2.75, 3.05) is 25.1 Å². The maximum absolute atomic E-state index is 13.2. The molecular weight excluding hydrogens is 416 g/mol. The predicted octanol–water partition coefficient (Wildman–Crippen LogP) is 4.74. The number of anilines is 1. The van der Waals surface area contributed by atoms with Crippen LogP contribution < -0.4 is 15.0 Å². The quantitative estimate of drug-likeness (QED) is 0.465. The molecule has 0 atom stereocenters. The van der Waals surface area contributed by atoms with E-state index < -0.39 is 0 Å². The number of carbonyl (C=O) groups excluding carboxylic acids is 1. The Bertz CT molecular complexity index is 1270. The first-order valence-electron chi connectivity index (χ1n) is 11.2. The van der Waals surface area contributed by atoms with Gasteiger partial charge in [-0.1, -0.05) is 17.3 Å². The van der Waals surface area contributed by atoms with Crippen molar-refractivity contribution in [1.29, 1.82) is 0 Å². The fourth-order valence-corrected chi connectivity index (χ4v) is 4.26. The monoisotopic (exact) mass is 442 g/mol. The zero-order valence-electron chi connectivity index (χ0n) is 18.8. The number of fused-ring (bicyclic) bond motifs is 1. The van der Waals surface area contributed by atoms with Gasteiger partial charge in [0.1, 0.15) is 5.75 Å². The van der Waals surface area contributed by atoms with Gasteiger partial charge in [-0.3, -0.25) is 4.79 Å². The molecule has 0 bridgehead atoms. The van der Waals surface area contributed by atoms with Gasteiger partial charge < -0.3 is 19.5 Å². The lowest BCUT2D eigenvalue weighted by Gasteiger charge is -2.17. The van der Waals surface area contributed by atoms with E-state index in [-0.39, 0.29) is 5.91 Å². The van der Waals surface area contributed by atoms with E-state index in [4.69, 9.17) is 9.26 Å². The minimum absolute atomic E-state index is 0.188. The average Bonchev–Trinajstić information content (AvgIpc) is 3.53. The van der Waals surface area contributed by atoms with Gasteiger partial charge in [-0.05, 0) is 67.8 Å². The van der Waals surface area contributed by atoms with Crippen molar-refractivity contribution >= 4 is 22.7 Å². The molecule has 5 rings (SSSR count). The van der Waals surface area contributed by atoms with Crippen LogP contribution in [-0.4, -0.2) is 36.2 Å². The number of benzene rings is 2. The van der Waals surface area contributed by atoms with Gasteiger partial charge in [0.05, 0.1) is 29.4 Å². The van der Waals surface area contributed by atoms with Crippen molar-refractivity contribution in [1.82, 2.24) is 15.5 Å². The van der Waals surface area contributed by atoms with E-state index in [0.29, 0.717) is 34.6 Å². The van der Waals surface area contributed by atoms with Gasteiger partial charge in [-0.15, -0.1) is 0 Å². The average molecular weight is 443 g/mol. The molecule has 1 aliphatic rings. The molecule has 33 heavy (non-hydrogen) atoms. The molecule has 1 N–H and O–H groups in total. The molecule has 0 radical (unpaired) electrons. The standard InChI is InChI=1S/C26H26N4O3/c1-17-24-22(15-23(28-26(24)33-29-17)19-7-11-21(32-2)12-8-19)25(31)27-16-18-5-9-20(10-6-18)30-13-3-4-14-30/h5-12,15H,3-4,13-14,16H2,1-2H3,(H,27,31). The van der Waals surface area contributed by atoms with E-state index in [1.165, 1.54) is 18.5 Å². The Morgan fingerprint density at radius 2 is 1.82 bits per heavy atom. The molecule has 1 amide bonds. The Kier molecular flexibility index (Phi) is 5.69. The Balaban J connectivity index is 1.38. The van der Waals surface area contributed by atoms with Crippen molar-refractivity contribution in [2.45, 2.75) is 26.3 Å². The van der Waals surface area contributed by atoms with E-state index in [2.05, 4.69) is 44.6 Å². The van der Waals surface area contributed by atoms with Crippen LogP contribution in [0.4, 0.5) is 5.69 Å². The highest BCUT2D eigenvalue weighted by Crippen LogP contribution is 2.28. The first-order valence-corrected chi connectivity index (χ1v) is 11.2. The molecule has 2 aromatic carbocycles. The van der Waals surface area contributed by atoms with E-state index in [1.54, 1.807) is 13.2 Å². The van der Waals surface area contributed by atoms with Crippen LogP contribution in [0.2, 0.25) is 0 Å². The molecule has 168 valence electrons. The number of hydrogen-bond acceptors (Lipinski definition) is 6. The summed E-state index contributed by atoms with van der Waals surface area (Å²) in [6.07, 6.45) is 2.50. The Hall–Kier alpha value is -3.87. The molecule has 0 aliphatic carbocycles. The van der Waals surface area contributed by atoms with Gasteiger partial charge in [0.15, 0.2) is 0 Å². The van der Waals surface area contributed by atoms with Gasteiger partial charge in [0.2, 0.25) is 0 Å². The van der Waals surface area contributed by atoms with Crippen LogP contribution >= 0.6 is 0 Å². The predicted molar refractivity (Wildman–Crippen MR) is 128 cm³/mol. The second kappa shape index (κ2) is 8.94. The summed E-state index contributed by atoms with van der Waals surface area (Å²) in [4.78, 5) is 20.2. The van der Waals surface area contributed by atoms with Crippen LogP contribution in [0.3, 0.4) is 0 Å². The highest BCUT2D eigenvalue weighted by Gasteiger charge is 2.19. The number of methoxy groups -OCH3 is 1. The number of nitrogens with one attached hydrogen (secondary N) is 1. The second-order valence-corrected chi connectivity index (χ2v) is 8.27. The van der Waals surface area contributed by atoms with E-state index in [0.717, 1.165) is 30.0 Å². The molecule has 7 heteroatoms. The van der Waals surface area contributed by atoms with Crippen LogP contribution in [-0.2, 0) is 6.54 Å². The Morgan fingerprint density at radius 1 is 1.09 bits per heavy atom. The number of ether oxygens (including phenoxy) is 1. The lowest BCUT2D eigenvalue weighted by Crippen LogP contribution is -2.23. The minimum Gasteiger partial charge on any atom is -0.497 e. The molecular formula is C26H26N4O3. The van der Waals surface area contributed by atoms with E-state index >= 15 is 0 Å². The van der Waals surface area contributed by atoms with Gasteiger partial charge in [-0.2, -0.15) is 0 Å². The van der Waals surface area contributed by atoms with Crippen molar-refractivity contribution in [3.8, 4) is 17.0 Å². The van der Waals surface area contributed by atoms with Crippen molar-refractivity contribution in [3.05, 3.63) is 71.4 Å². The largest absolute Gasteiger partial charge is 0.497 e. The number of nitrogens with zero attached hydrogens (tertiary/aromatic N) is 3. The summed E-state index contributed by atoms with van der Waals surface area (Å²) in [5.74, 6) is 0.566. The van der Waals surface area contributed by atoms with Gasteiger partial charge >= 0.3 is 0 Å². The maximum Gasteiger partial charge on any atom is 0.259 e. The number of amides is 1. The topological polar surface area (TPSA) is 80.5 Å². The third-order valence-corrected chi connectivity index (χ3v) is 6.11. The smallest absolute Gasteiger partial charge is 0.259 e. The normalized spacial score (nSPS) is 13.5. The lowest BCUT2D eigenvalue weighted by atomic mass is 10.0. The fourth-order valence-electron chi connectivity index (χ4n) is 4.26. The number of carbonyl (C=O) groups is 1. The summed E-state index contributed by atoms with van der Waals surface area (Å²) in [6, 6.07) is 17.7.